The molecule has 0 saturated carbocycles. The van der Waals surface area contributed by atoms with Crippen LogP contribution in [0.25, 0.3) is 0 Å². The van der Waals surface area contributed by atoms with Gasteiger partial charge in [0.1, 0.15) is 0 Å². The number of likely N-dealkylation sites (tertiary alicyclic amines) is 1. The Morgan fingerprint density at radius 2 is 1.89 bits per heavy atom. The average Bonchev–Trinajstić information content (AvgIpc) is 2.19. The van der Waals surface area contributed by atoms with Crippen molar-refractivity contribution in [3.8, 4) is 0 Å². The van der Waals surface area contributed by atoms with Crippen molar-refractivity contribution < 1.29 is 4.79 Å². The van der Waals surface area contributed by atoms with E-state index in [2.05, 4.69) is 26.8 Å². The highest BCUT2D eigenvalue weighted by Crippen LogP contribution is 2.25. The molecule has 0 atom stereocenters. The molecule has 1 fully saturated rings. The van der Waals surface area contributed by atoms with E-state index in [0.29, 0.717) is 5.70 Å². The maximum absolute atomic E-state index is 11.8. The Hall–Kier alpha value is -1.51. The van der Waals surface area contributed by atoms with Crippen molar-refractivity contribution in [2.45, 2.75) is 34.1 Å². The molecule has 0 aromatic heterocycles. The summed E-state index contributed by atoms with van der Waals surface area (Å²) in [6, 6.07) is 0. The van der Waals surface area contributed by atoms with E-state index in [0.717, 1.165) is 19.5 Å². The zero-order valence-electron chi connectivity index (χ0n) is 11.9. The lowest BCUT2D eigenvalue weighted by Crippen LogP contribution is -2.44. The fourth-order valence-corrected chi connectivity index (χ4v) is 1.81. The molecule has 1 aliphatic heterocycles. The zero-order valence-corrected chi connectivity index (χ0v) is 11.9. The molecule has 18 heavy (non-hydrogen) atoms. The molecular weight excluding hydrogens is 224 g/mol. The standard InChI is InChI=1S/C15H24N2O/c1-5-12(15(2,3)4)8-6-9-13(16)14(18)17-10-7-11-17/h5-6,8-9H,7,10-11,16H2,1-4H3/b8-6-,12-5+,13-9-. The van der Waals surface area contributed by atoms with E-state index in [1.807, 2.05) is 19.1 Å². The Morgan fingerprint density at radius 3 is 2.28 bits per heavy atom. The van der Waals surface area contributed by atoms with E-state index in [1.165, 1.54) is 5.57 Å². The van der Waals surface area contributed by atoms with Crippen LogP contribution < -0.4 is 5.73 Å². The van der Waals surface area contributed by atoms with Crippen LogP contribution in [-0.4, -0.2) is 23.9 Å². The number of allylic oxidation sites excluding steroid dienone is 5. The van der Waals surface area contributed by atoms with Gasteiger partial charge in [0.05, 0.1) is 5.70 Å². The molecule has 3 nitrogen and oxygen atoms in total. The summed E-state index contributed by atoms with van der Waals surface area (Å²) >= 11 is 0. The summed E-state index contributed by atoms with van der Waals surface area (Å²) in [4.78, 5) is 13.5. The Balaban J connectivity index is 2.64. The van der Waals surface area contributed by atoms with Crippen LogP contribution in [0.15, 0.2) is 35.6 Å². The third kappa shape index (κ3) is 3.76. The highest BCUT2D eigenvalue weighted by molar-refractivity contribution is 5.93. The van der Waals surface area contributed by atoms with Crippen LogP contribution in [-0.2, 0) is 4.79 Å². The Bertz CT molecular complexity index is 393. The van der Waals surface area contributed by atoms with Gasteiger partial charge in [-0.25, -0.2) is 0 Å². The number of nitrogens with two attached hydrogens (primary N) is 1. The van der Waals surface area contributed by atoms with Gasteiger partial charge in [-0.15, -0.1) is 0 Å². The first kappa shape index (κ1) is 14.6. The van der Waals surface area contributed by atoms with Crippen LogP contribution >= 0.6 is 0 Å². The van der Waals surface area contributed by atoms with E-state index in [1.54, 1.807) is 11.0 Å². The van der Waals surface area contributed by atoms with Crippen molar-refractivity contribution in [2.75, 3.05) is 13.1 Å². The molecule has 1 saturated heterocycles. The highest BCUT2D eigenvalue weighted by atomic mass is 16.2. The van der Waals surface area contributed by atoms with Gasteiger partial charge in [-0.2, -0.15) is 0 Å². The van der Waals surface area contributed by atoms with Gasteiger partial charge < -0.3 is 10.6 Å². The third-order valence-electron chi connectivity index (χ3n) is 3.12. The first-order valence-corrected chi connectivity index (χ1v) is 6.46. The molecule has 2 N–H and O–H groups in total. The minimum absolute atomic E-state index is 0.0521. The number of carbonyl (C=O) groups excluding carboxylic acids is 1. The minimum atomic E-state index is -0.0521. The molecule has 1 aliphatic rings. The topological polar surface area (TPSA) is 46.3 Å². The molecule has 3 heteroatoms. The van der Waals surface area contributed by atoms with Crippen LogP contribution in [0.1, 0.15) is 34.1 Å². The fraction of sp³-hybridized carbons (Fsp3) is 0.533. The summed E-state index contributed by atoms with van der Waals surface area (Å²) < 4.78 is 0. The first-order valence-electron chi connectivity index (χ1n) is 6.46. The number of nitrogens with zero attached hydrogens (tertiary/aromatic N) is 1. The molecule has 0 aromatic carbocycles. The SMILES string of the molecule is C\C=C(/C=C\C=C(/N)C(=O)N1CCC1)C(C)(C)C. The summed E-state index contributed by atoms with van der Waals surface area (Å²) in [5, 5.41) is 0. The van der Waals surface area contributed by atoms with Gasteiger partial charge in [0.2, 0.25) is 0 Å². The van der Waals surface area contributed by atoms with Crippen molar-refractivity contribution >= 4 is 5.91 Å². The number of hydrogen-bond acceptors (Lipinski definition) is 2. The van der Waals surface area contributed by atoms with Crippen molar-refractivity contribution in [3.05, 3.63) is 35.6 Å². The number of amides is 1. The lowest BCUT2D eigenvalue weighted by Gasteiger charge is -2.30. The first-order chi connectivity index (χ1) is 8.36. The smallest absolute Gasteiger partial charge is 0.269 e. The Morgan fingerprint density at radius 1 is 1.28 bits per heavy atom. The minimum Gasteiger partial charge on any atom is -0.394 e. The Labute approximate surface area is 110 Å². The lowest BCUT2D eigenvalue weighted by molar-refractivity contribution is -0.130. The van der Waals surface area contributed by atoms with Crippen LogP contribution in [0.4, 0.5) is 0 Å². The molecule has 1 heterocycles. The van der Waals surface area contributed by atoms with Gasteiger partial charge in [0.15, 0.2) is 0 Å². The highest BCUT2D eigenvalue weighted by Gasteiger charge is 2.21. The second kappa shape index (κ2) is 5.89. The van der Waals surface area contributed by atoms with E-state index < -0.39 is 0 Å². The second-order valence-corrected chi connectivity index (χ2v) is 5.62. The summed E-state index contributed by atoms with van der Waals surface area (Å²) in [6.45, 7) is 10.2. The summed E-state index contributed by atoms with van der Waals surface area (Å²) in [5.41, 5.74) is 7.41. The molecule has 1 amide bonds. The molecule has 0 bridgehead atoms. The predicted octanol–water partition coefficient (Wildman–Crippen LogP) is 2.61. The number of rotatable bonds is 3. The van der Waals surface area contributed by atoms with E-state index in [9.17, 15) is 4.79 Å². The Kier molecular flexibility index (Phi) is 4.76. The van der Waals surface area contributed by atoms with Crippen LogP contribution in [0.2, 0.25) is 0 Å². The van der Waals surface area contributed by atoms with Crippen molar-refractivity contribution in [3.63, 3.8) is 0 Å². The van der Waals surface area contributed by atoms with Crippen molar-refractivity contribution in [1.82, 2.24) is 4.90 Å². The lowest BCUT2D eigenvalue weighted by atomic mass is 9.86. The van der Waals surface area contributed by atoms with Gasteiger partial charge in [-0.05, 0) is 30.4 Å². The second-order valence-electron chi connectivity index (χ2n) is 5.62. The van der Waals surface area contributed by atoms with Gasteiger partial charge in [-0.1, -0.05) is 39.0 Å². The molecule has 0 unspecified atom stereocenters. The largest absolute Gasteiger partial charge is 0.394 e. The normalized spacial score (nSPS) is 18.1. The van der Waals surface area contributed by atoms with Crippen LogP contribution in [0.3, 0.4) is 0 Å². The molecule has 100 valence electrons. The summed E-state index contributed by atoms with van der Waals surface area (Å²) in [6.07, 6.45) is 8.72. The summed E-state index contributed by atoms with van der Waals surface area (Å²) in [5.74, 6) is -0.0521. The van der Waals surface area contributed by atoms with Gasteiger partial charge in [0, 0.05) is 13.1 Å². The average molecular weight is 248 g/mol. The van der Waals surface area contributed by atoms with E-state index in [4.69, 9.17) is 5.73 Å². The number of carbonyl (C=O) groups is 1. The summed E-state index contributed by atoms with van der Waals surface area (Å²) in [7, 11) is 0. The van der Waals surface area contributed by atoms with Crippen molar-refractivity contribution in [1.29, 1.82) is 0 Å². The fourth-order valence-electron chi connectivity index (χ4n) is 1.81. The zero-order chi connectivity index (χ0) is 13.8. The van der Waals surface area contributed by atoms with Crippen LogP contribution in [0, 0.1) is 5.41 Å². The molecular formula is C15H24N2O. The molecule has 0 aromatic rings. The molecule has 0 spiro atoms. The van der Waals surface area contributed by atoms with E-state index >= 15 is 0 Å². The molecule has 0 radical (unpaired) electrons. The van der Waals surface area contributed by atoms with Gasteiger partial charge in [0.25, 0.3) is 5.91 Å². The van der Waals surface area contributed by atoms with Crippen LogP contribution in [0.5, 0.6) is 0 Å². The van der Waals surface area contributed by atoms with Crippen molar-refractivity contribution in [2.24, 2.45) is 11.1 Å². The van der Waals surface area contributed by atoms with Gasteiger partial charge >= 0.3 is 0 Å². The monoisotopic (exact) mass is 248 g/mol. The maximum atomic E-state index is 11.8. The van der Waals surface area contributed by atoms with Gasteiger partial charge in [-0.3, -0.25) is 4.79 Å². The molecule has 1 rings (SSSR count). The predicted molar refractivity (Wildman–Crippen MR) is 75.8 cm³/mol. The molecule has 0 aliphatic carbocycles. The third-order valence-corrected chi connectivity index (χ3v) is 3.12. The maximum Gasteiger partial charge on any atom is 0.269 e. The quantitative estimate of drug-likeness (QED) is 0.616. The number of hydrogen-bond donors (Lipinski definition) is 1. The van der Waals surface area contributed by atoms with E-state index in [-0.39, 0.29) is 11.3 Å².